The van der Waals surface area contributed by atoms with Gasteiger partial charge in [-0.2, -0.15) is 0 Å². The third-order valence-electron chi connectivity index (χ3n) is 0. The molecule has 0 rings (SSSR count). The number of hydrogen-bond acceptors (Lipinski definition) is 1. The van der Waals surface area contributed by atoms with E-state index in [2.05, 4.69) is 0 Å². The zero-order valence-corrected chi connectivity index (χ0v) is 3.48. The minimum Gasteiger partial charge on any atom is -0.271 e. The maximum absolute atomic E-state index is 8.87. The quantitative estimate of drug-likeness (QED) is 0.458. The van der Waals surface area contributed by atoms with E-state index >= 15 is 0 Å². The lowest BCUT2D eigenvalue weighted by Crippen LogP contribution is -0.679. The molecule has 0 aromatic rings. The van der Waals surface area contributed by atoms with Crippen LogP contribution in [0.3, 0.4) is 0 Å². The van der Waals surface area contributed by atoms with Gasteiger partial charge in [0, 0.05) is 0 Å². The van der Waals surface area contributed by atoms with Crippen LogP contribution < -0.4 is 0 Å². The zero-order valence-electron chi connectivity index (χ0n) is 1.43. The number of rotatable bonds is 0. The predicted octanol–water partition coefficient (Wildman–Crippen LogP) is 2.98. The second-order valence-electron chi connectivity index (χ2n) is 0.105. The summed E-state index contributed by atoms with van der Waals surface area (Å²) in [5, 5.41) is 0. The lowest BCUT2D eigenvalue weighted by atomic mass is 12.0. The van der Waals surface area contributed by atoms with Crippen LogP contribution >= 0.6 is 17.1 Å². The maximum atomic E-state index is 8.87. The summed E-state index contributed by atoms with van der Waals surface area (Å²) in [4.78, 5) is 0. The Labute approximate surface area is 44.8 Å². The van der Waals surface area contributed by atoms with Gasteiger partial charge in [-0.25, -0.2) is 0 Å². The highest BCUT2D eigenvalue weighted by Crippen LogP contribution is 1.99. The van der Waals surface area contributed by atoms with E-state index in [1.165, 1.54) is 0 Å². The molecule has 0 aromatic heterocycles. The summed E-state index contributed by atoms with van der Waals surface area (Å²) in [6.45, 7) is 0. The van der Waals surface area contributed by atoms with Crippen LogP contribution in [0.4, 0.5) is 0 Å². The van der Waals surface area contributed by atoms with E-state index in [0.717, 1.165) is 0 Å². The summed E-state index contributed by atoms with van der Waals surface area (Å²) >= 11 is 0. The summed E-state index contributed by atoms with van der Waals surface area (Å²) in [7, 11) is 2.08. The first-order chi connectivity index (χ1) is 1.41. The van der Waals surface area contributed by atoms with Gasteiger partial charge in [0.1, 0.15) is 0 Å². The minimum atomic E-state index is 0. The van der Waals surface area contributed by atoms with Crippen LogP contribution in [0, 0.1) is 0 Å². The molecule has 0 aliphatic carbocycles. The molecule has 0 amide bonds. The average molecular weight is 128 g/mol. The fourth-order valence-corrected chi connectivity index (χ4v) is 0. The van der Waals surface area contributed by atoms with Crippen molar-refractivity contribution < 1.29 is 4.57 Å². The van der Waals surface area contributed by atoms with Crippen molar-refractivity contribution >= 4 is 17.1 Å². The molecule has 0 fully saturated rings. The van der Waals surface area contributed by atoms with Crippen molar-refractivity contribution in [2.45, 2.75) is 22.3 Å². The lowest BCUT2D eigenvalue weighted by molar-refractivity contribution is 0.605. The van der Waals surface area contributed by atoms with Gasteiger partial charge < -0.3 is 0 Å². The van der Waals surface area contributed by atoms with E-state index in [-0.39, 0.29) is 30.4 Å². The van der Waals surface area contributed by atoms with Crippen LogP contribution in [-0.2, 0) is 4.57 Å². The van der Waals surface area contributed by atoms with E-state index in [0.29, 0.717) is 0 Å². The maximum Gasteiger partial charge on any atom is 0.174 e. The molecule has 0 saturated carbocycles. The van der Waals surface area contributed by atoms with Crippen molar-refractivity contribution in [3.8, 4) is 0 Å². The molecule has 0 aromatic carbocycles. The largest absolute Gasteiger partial charge is 0.271 e. The van der Waals surface area contributed by atoms with E-state index in [4.69, 9.17) is 4.57 Å². The minimum absolute atomic E-state index is 0. The van der Waals surface area contributed by atoms with Crippen molar-refractivity contribution in [1.82, 2.24) is 0 Å². The molecular weight excluding hydrogens is 114 g/mol. The van der Waals surface area contributed by atoms with E-state index in [1.807, 2.05) is 8.93 Å². The van der Waals surface area contributed by atoms with Crippen LogP contribution in [0.15, 0.2) is 0 Å². The fourth-order valence-electron chi connectivity index (χ4n) is 0. The smallest absolute Gasteiger partial charge is 0.174 e. The third kappa shape index (κ3) is 201. The molecule has 42 valence electrons. The van der Waals surface area contributed by atoms with E-state index in [1.54, 1.807) is 0 Å². The standard InChI is InChI=1S/3CH4.H2OP2/c;;;1-3-2/h3*1H4;2H2. The van der Waals surface area contributed by atoms with Crippen LogP contribution in [-0.4, -0.2) is 0 Å². The van der Waals surface area contributed by atoms with Crippen molar-refractivity contribution in [3.63, 3.8) is 0 Å². The summed E-state index contributed by atoms with van der Waals surface area (Å²) in [6, 6.07) is 0. The molecule has 1 nitrogen and oxygen atoms in total. The second kappa shape index (κ2) is 48.5. The Morgan fingerprint density at radius 3 is 1.17 bits per heavy atom. The topological polar surface area (TPSA) is 17.1 Å². The number of hydrogen-bond donors (Lipinski definition) is 0. The molecule has 0 radical (unpaired) electrons. The highest BCUT2D eigenvalue weighted by Gasteiger charge is 1.27. The van der Waals surface area contributed by atoms with Crippen molar-refractivity contribution in [2.75, 3.05) is 0 Å². The highest BCUT2D eigenvalue weighted by atomic mass is 32.0. The first kappa shape index (κ1) is 31.2. The van der Waals surface area contributed by atoms with Crippen molar-refractivity contribution in [2.24, 2.45) is 0 Å². The first-order valence-electron chi connectivity index (χ1n) is 0.441. The van der Waals surface area contributed by atoms with Crippen LogP contribution in [0.1, 0.15) is 22.3 Å². The first-order valence-corrected chi connectivity index (χ1v) is 2.87. The van der Waals surface area contributed by atoms with Gasteiger partial charge in [-0.1, -0.05) is 22.3 Å². The normalized spacial score (nSPS) is 3.50. The monoisotopic (exact) mass is 128 g/mol. The zero-order chi connectivity index (χ0) is 2.71. The van der Waals surface area contributed by atoms with E-state index in [9.17, 15) is 0 Å². The van der Waals surface area contributed by atoms with Gasteiger partial charge in [-0.15, -0.1) is 0 Å². The highest BCUT2D eigenvalue weighted by molar-refractivity contribution is 7.96. The molecule has 3 heteroatoms. The molecule has 0 bridgehead atoms. The summed E-state index contributed by atoms with van der Waals surface area (Å²) < 4.78 is 8.87. The Morgan fingerprint density at radius 2 is 1.17 bits per heavy atom. The Bertz CT molecular complexity index is 16.3. The molecule has 6 heavy (non-hydrogen) atoms. The van der Waals surface area contributed by atoms with Crippen LogP contribution in [0.5, 0.6) is 0 Å². The summed E-state index contributed by atoms with van der Waals surface area (Å²) in [5.74, 6) is 0. The van der Waals surface area contributed by atoms with Gasteiger partial charge in [0.25, 0.3) is 0 Å². The molecule has 0 saturated heterocycles. The second-order valence-corrected chi connectivity index (χ2v) is 0.949. The average Bonchev–Trinajstić information content (AvgIpc) is 0.918. The summed E-state index contributed by atoms with van der Waals surface area (Å²) in [5.41, 5.74) is 0. The molecular formula is C3H14OP2. The lowest BCUT2D eigenvalue weighted by Gasteiger charge is -1.21. The van der Waals surface area contributed by atoms with Crippen LogP contribution in [0.25, 0.3) is 0 Å². The van der Waals surface area contributed by atoms with Gasteiger partial charge in [-0.3, -0.25) is 4.57 Å². The summed E-state index contributed by atoms with van der Waals surface area (Å²) in [6.07, 6.45) is 0. The van der Waals surface area contributed by atoms with Gasteiger partial charge in [0.2, 0.25) is 0 Å². The van der Waals surface area contributed by atoms with Crippen molar-refractivity contribution in [3.05, 3.63) is 0 Å². The Hall–Kier alpha value is 0.530. The predicted molar refractivity (Wildman–Crippen MR) is 37.5 cm³/mol. The van der Waals surface area contributed by atoms with Gasteiger partial charge in [0.05, 0.1) is 0 Å². The SMILES string of the molecule is C.C.C.O=PP. The van der Waals surface area contributed by atoms with Gasteiger partial charge >= 0.3 is 0 Å². The third-order valence-corrected chi connectivity index (χ3v) is 0. The molecule has 0 N–H and O–H groups in total. The molecule has 1 atom stereocenters. The Morgan fingerprint density at radius 1 is 1.17 bits per heavy atom. The molecule has 0 spiro atoms. The molecule has 0 aliphatic rings. The van der Waals surface area contributed by atoms with E-state index < -0.39 is 0 Å². The molecule has 1 unspecified atom stereocenters. The molecule has 0 aliphatic heterocycles. The molecule has 0 heterocycles. The Balaban J connectivity index is -0.00000000667. The fraction of sp³-hybridized carbons (Fsp3) is 1.00. The van der Waals surface area contributed by atoms with Crippen molar-refractivity contribution in [1.29, 1.82) is 0 Å². The van der Waals surface area contributed by atoms with Gasteiger partial charge in [-0.05, 0) is 8.93 Å². The van der Waals surface area contributed by atoms with Crippen LogP contribution in [0.2, 0.25) is 0 Å². The van der Waals surface area contributed by atoms with Gasteiger partial charge in [0.15, 0.2) is 8.15 Å². The Kier molecular flexibility index (Phi) is 252.